The van der Waals surface area contributed by atoms with Gasteiger partial charge in [0.1, 0.15) is 18.0 Å². The number of rotatable bonds is 6. The molecule has 2 amide bonds. The van der Waals surface area contributed by atoms with Crippen molar-refractivity contribution >= 4 is 17.8 Å². The lowest BCUT2D eigenvalue weighted by Crippen LogP contribution is -2.53. The van der Waals surface area contributed by atoms with Crippen molar-refractivity contribution in [1.82, 2.24) is 14.9 Å². The minimum atomic E-state index is -0.570. The minimum Gasteiger partial charge on any atom is -0.497 e. The maximum absolute atomic E-state index is 12.9. The zero-order valence-corrected chi connectivity index (χ0v) is 15.7. The first-order chi connectivity index (χ1) is 13.5. The van der Waals surface area contributed by atoms with E-state index in [1.807, 2.05) is 12.1 Å². The molecule has 0 atom stereocenters. The second-order valence-electron chi connectivity index (χ2n) is 6.24. The maximum atomic E-state index is 12.9. The van der Waals surface area contributed by atoms with E-state index in [1.54, 1.807) is 20.3 Å². The molecule has 1 saturated heterocycles. The van der Waals surface area contributed by atoms with E-state index >= 15 is 0 Å². The van der Waals surface area contributed by atoms with Crippen molar-refractivity contribution in [3.63, 3.8) is 0 Å². The van der Waals surface area contributed by atoms with Gasteiger partial charge in [-0.2, -0.15) is 0 Å². The van der Waals surface area contributed by atoms with Crippen LogP contribution in [-0.2, 0) is 16.0 Å². The lowest BCUT2D eigenvalue weighted by atomic mass is 10.1. The first kappa shape index (κ1) is 19.5. The Labute approximate surface area is 161 Å². The van der Waals surface area contributed by atoms with Gasteiger partial charge < -0.3 is 14.4 Å². The highest BCUT2D eigenvalue weighted by atomic mass is 19.1. The normalized spacial score (nSPS) is 14.2. The molecule has 148 valence electrons. The van der Waals surface area contributed by atoms with Crippen LogP contribution in [0.2, 0.25) is 0 Å². The van der Waals surface area contributed by atoms with Crippen LogP contribution in [0.1, 0.15) is 12.0 Å². The number of aromatic nitrogens is 2. The Bertz CT molecular complexity index is 860. The van der Waals surface area contributed by atoms with Crippen LogP contribution in [0.4, 0.5) is 10.3 Å². The number of methoxy groups -OCH3 is 2. The maximum Gasteiger partial charge on any atom is 0.249 e. The molecule has 0 N–H and O–H groups in total. The van der Waals surface area contributed by atoms with E-state index in [0.717, 1.165) is 18.0 Å². The smallest absolute Gasteiger partial charge is 0.249 e. The summed E-state index contributed by atoms with van der Waals surface area (Å²) in [5.74, 6) is 0.484. The molecule has 9 heteroatoms. The summed E-state index contributed by atoms with van der Waals surface area (Å²) < 4.78 is 23.5. The van der Waals surface area contributed by atoms with E-state index in [4.69, 9.17) is 9.47 Å². The molecule has 8 nitrogen and oxygen atoms in total. The van der Waals surface area contributed by atoms with E-state index in [0.29, 0.717) is 24.5 Å². The number of ether oxygens (including phenoxy) is 2. The lowest BCUT2D eigenvalue weighted by molar-refractivity contribution is -0.136. The molecule has 0 bridgehead atoms. The highest BCUT2D eigenvalue weighted by Crippen LogP contribution is 2.26. The first-order valence-electron chi connectivity index (χ1n) is 8.78. The van der Waals surface area contributed by atoms with E-state index < -0.39 is 5.82 Å². The second kappa shape index (κ2) is 8.64. The van der Waals surface area contributed by atoms with Gasteiger partial charge in [0.2, 0.25) is 17.8 Å². The third-order valence-corrected chi connectivity index (χ3v) is 4.52. The Morgan fingerprint density at radius 1 is 1.18 bits per heavy atom. The number of hydrogen-bond donors (Lipinski definition) is 0. The fourth-order valence-electron chi connectivity index (χ4n) is 3.00. The molecule has 28 heavy (non-hydrogen) atoms. The summed E-state index contributed by atoms with van der Waals surface area (Å²) in [4.78, 5) is 35.4. The highest BCUT2D eigenvalue weighted by molar-refractivity contribution is 5.96. The molecule has 1 fully saturated rings. The van der Waals surface area contributed by atoms with E-state index in [9.17, 15) is 14.0 Å². The van der Waals surface area contributed by atoms with Crippen LogP contribution < -0.4 is 14.4 Å². The van der Waals surface area contributed by atoms with Gasteiger partial charge in [0.15, 0.2) is 5.82 Å². The molecule has 1 aliphatic heterocycles. The standard InChI is InChI=1S/C19H21FN4O4/c1-27-15-5-3-13(16(9-15)28-2)4-6-17(25)23-7-8-24(18(26)12-23)19-21-10-14(20)11-22-19/h3,5,9-11H,4,6-8,12H2,1-2H3. The number of carbonyl (C=O) groups excluding carboxylic acids is 2. The zero-order chi connectivity index (χ0) is 20.1. The number of amides is 2. The quantitative estimate of drug-likeness (QED) is 0.745. The summed E-state index contributed by atoms with van der Waals surface area (Å²) in [6, 6.07) is 5.44. The van der Waals surface area contributed by atoms with Crippen LogP contribution in [0, 0.1) is 5.82 Å². The number of halogens is 1. The number of hydrogen-bond acceptors (Lipinski definition) is 6. The number of piperazine rings is 1. The van der Waals surface area contributed by atoms with Crippen molar-refractivity contribution in [2.24, 2.45) is 0 Å². The Hall–Kier alpha value is -3.23. The molecule has 1 aromatic heterocycles. The molecular weight excluding hydrogens is 367 g/mol. The van der Waals surface area contributed by atoms with Crippen molar-refractivity contribution in [3.05, 3.63) is 42.0 Å². The lowest BCUT2D eigenvalue weighted by Gasteiger charge is -2.33. The molecule has 1 aliphatic rings. The SMILES string of the molecule is COc1ccc(CCC(=O)N2CCN(c3ncc(F)cn3)C(=O)C2)c(OC)c1. The predicted octanol–water partition coefficient (Wildman–Crippen LogP) is 1.44. The summed E-state index contributed by atoms with van der Waals surface area (Å²) in [6.07, 6.45) is 2.76. The first-order valence-corrected chi connectivity index (χ1v) is 8.78. The Morgan fingerprint density at radius 2 is 1.93 bits per heavy atom. The zero-order valence-electron chi connectivity index (χ0n) is 15.7. The molecule has 3 rings (SSSR count). The Kier molecular flexibility index (Phi) is 6.03. The van der Waals surface area contributed by atoms with Crippen LogP contribution in [0.5, 0.6) is 11.5 Å². The van der Waals surface area contributed by atoms with Gasteiger partial charge in [0.25, 0.3) is 0 Å². The van der Waals surface area contributed by atoms with Gasteiger partial charge in [-0.15, -0.1) is 0 Å². The molecule has 0 unspecified atom stereocenters. The van der Waals surface area contributed by atoms with Gasteiger partial charge in [-0.3, -0.25) is 14.5 Å². The fourth-order valence-corrected chi connectivity index (χ4v) is 3.00. The van der Waals surface area contributed by atoms with Crippen molar-refractivity contribution in [2.75, 3.05) is 38.8 Å². The average molecular weight is 388 g/mol. The summed E-state index contributed by atoms with van der Waals surface area (Å²) in [7, 11) is 3.14. The number of anilines is 1. The third-order valence-electron chi connectivity index (χ3n) is 4.52. The monoisotopic (exact) mass is 388 g/mol. The van der Waals surface area contributed by atoms with Crippen LogP contribution in [0.15, 0.2) is 30.6 Å². The summed E-state index contributed by atoms with van der Waals surface area (Å²) >= 11 is 0. The van der Waals surface area contributed by atoms with Gasteiger partial charge in [-0.1, -0.05) is 6.07 Å². The topological polar surface area (TPSA) is 84.9 Å². The summed E-state index contributed by atoms with van der Waals surface area (Å²) in [5.41, 5.74) is 0.890. The van der Waals surface area contributed by atoms with Gasteiger partial charge in [0, 0.05) is 25.6 Å². The van der Waals surface area contributed by atoms with E-state index in [-0.39, 0.29) is 37.3 Å². The second-order valence-corrected chi connectivity index (χ2v) is 6.24. The molecular formula is C19H21FN4O4. The van der Waals surface area contributed by atoms with E-state index in [1.165, 1.54) is 9.80 Å². The Morgan fingerprint density at radius 3 is 2.57 bits per heavy atom. The molecule has 0 saturated carbocycles. The van der Waals surface area contributed by atoms with Crippen LogP contribution in [-0.4, -0.2) is 60.5 Å². The van der Waals surface area contributed by atoms with Crippen LogP contribution >= 0.6 is 0 Å². The molecule has 0 aliphatic carbocycles. The van der Waals surface area contributed by atoms with Crippen molar-refractivity contribution in [1.29, 1.82) is 0 Å². The number of carbonyl (C=O) groups is 2. The summed E-state index contributed by atoms with van der Waals surface area (Å²) in [6.45, 7) is 0.576. The molecule has 0 radical (unpaired) electrons. The summed E-state index contributed by atoms with van der Waals surface area (Å²) in [5, 5.41) is 0. The highest BCUT2D eigenvalue weighted by Gasteiger charge is 2.29. The molecule has 0 spiro atoms. The molecule has 1 aromatic carbocycles. The Balaban J connectivity index is 1.58. The fraction of sp³-hybridized carbons (Fsp3) is 0.368. The predicted molar refractivity (Wildman–Crippen MR) is 98.8 cm³/mol. The van der Waals surface area contributed by atoms with Crippen LogP contribution in [0.3, 0.4) is 0 Å². The molecule has 2 aromatic rings. The van der Waals surface area contributed by atoms with Crippen molar-refractivity contribution in [3.8, 4) is 11.5 Å². The van der Waals surface area contributed by atoms with E-state index in [2.05, 4.69) is 9.97 Å². The van der Waals surface area contributed by atoms with Gasteiger partial charge >= 0.3 is 0 Å². The largest absolute Gasteiger partial charge is 0.497 e. The van der Waals surface area contributed by atoms with Crippen molar-refractivity contribution < 1.29 is 23.5 Å². The number of aryl methyl sites for hydroxylation is 1. The van der Waals surface area contributed by atoms with Gasteiger partial charge in [0.05, 0.1) is 26.6 Å². The number of benzene rings is 1. The van der Waals surface area contributed by atoms with Crippen molar-refractivity contribution in [2.45, 2.75) is 12.8 Å². The third kappa shape index (κ3) is 4.36. The van der Waals surface area contributed by atoms with Gasteiger partial charge in [-0.25, -0.2) is 14.4 Å². The number of nitrogens with zero attached hydrogens (tertiary/aromatic N) is 4. The average Bonchev–Trinajstić information content (AvgIpc) is 2.72. The minimum absolute atomic E-state index is 0.0562. The van der Waals surface area contributed by atoms with Gasteiger partial charge in [-0.05, 0) is 18.1 Å². The molecule has 2 heterocycles. The van der Waals surface area contributed by atoms with Crippen LogP contribution in [0.25, 0.3) is 0 Å².